The molecule has 0 unspecified atom stereocenters. The van der Waals surface area contributed by atoms with Crippen LogP contribution in [0, 0.1) is 11.3 Å². The second kappa shape index (κ2) is 8.30. The number of amides is 1. The van der Waals surface area contributed by atoms with Gasteiger partial charge in [-0.3, -0.25) is 9.69 Å². The quantitative estimate of drug-likeness (QED) is 0.652. The highest BCUT2D eigenvalue weighted by Crippen LogP contribution is 2.30. The first-order valence-electron chi connectivity index (χ1n) is 8.88. The van der Waals surface area contributed by atoms with Crippen molar-refractivity contribution >= 4 is 32.6 Å². The Bertz CT molecular complexity index is 986. The van der Waals surface area contributed by atoms with Gasteiger partial charge in [-0.1, -0.05) is 24.3 Å². The highest BCUT2D eigenvalue weighted by molar-refractivity contribution is 7.22. The van der Waals surface area contributed by atoms with E-state index in [1.807, 2.05) is 25.1 Å². The Morgan fingerprint density at radius 1 is 1.15 bits per heavy atom. The van der Waals surface area contributed by atoms with E-state index in [0.29, 0.717) is 22.8 Å². The van der Waals surface area contributed by atoms with Crippen molar-refractivity contribution in [2.24, 2.45) is 0 Å². The molecule has 5 nitrogen and oxygen atoms in total. The number of aryl methyl sites for hydroxylation is 1. The van der Waals surface area contributed by atoms with Crippen molar-refractivity contribution in [3.8, 4) is 6.07 Å². The number of carbonyl (C=O) groups is 1. The van der Waals surface area contributed by atoms with Gasteiger partial charge in [-0.05, 0) is 62.5 Å². The van der Waals surface area contributed by atoms with Crippen LogP contribution < -0.4 is 4.90 Å². The number of fused-ring (bicyclic) bond motifs is 1. The monoisotopic (exact) mass is 378 g/mol. The molecule has 0 aliphatic rings. The first-order chi connectivity index (χ1) is 13.0. The summed E-state index contributed by atoms with van der Waals surface area (Å²) in [6, 6.07) is 15.1. The average Bonchev–Trinajstić information content (AvgIpc) is 3.10. The maximum absolute atomic E-state index is 13.1. The lowest BCUT2D eigenvalue weighted by Gasteiger charge is -2.22. The maximum atomic E-state index is 13.1. The van der Waals surface area contributed by atoms with Crippen LogP contribution in [-0.4, -0.2) is 43.0 Å². The molecule has 3 rings (SSSR count). The van der Waals surface area contributed by atoms with Gasteiger partial charge in [0, 0.05) is 18.7 Å². The van der Waals surface area contributed by atoms with Crippen molar-refractivity contribution in [2.75, 3.05) is 32.1 Å². The van der Waals surface area contributed by atoms with Crippen LogP contribution in [-0.2, 0) is 6.42 Å². The van der Waals surface area contributed by atoms with E-state index in [1.54, 1.807) is 40.5 Å². The van der Waals surface area contributed by atoms with Gasteiger partial charge in [0.05, 0.1) is 21.8 Å². The normalized spacial score (nSPS) is 10.9. The predicted octanol–water partition coefficient (Wildman–Crippen LogP) is 3.94. The number of benzene rings is 2. The number of hydrogen-bond acceptors (Lipinski definition) is 5. The zero-order chi connectivity index (χ0) is 19.4. The fourth-order valence-corrected chi connectivity index (χ4v) is 3.77. The van der Waals surface area contributed by atoms with E-state index in [0.717, 1.165) is 23.2 Å². The van der Waals surface area contributed by atoms with Crippen LogP contribution in [0.5, 0.6) is 0 Å². The Labute approximate surface area is 163 Å². The molecule has 0 saturated heterocycles. The van der Waals surface area contributed by atoms with E-state index in [4.69, 9.17) is 10.2 Å². The summed E-state index contributed by atoms with van der Waals surface area (Å²) < 4.78 is 1.09. The summed E-state index contributed by atoms with van der Waals surface area (Å²) in [7, 11) is 3.96. The minimum Gasteiger partial charge on any atom is -0.308 e. The molecule has 1 amide bonds. The molecule has 3 aromatic rings. The maximum Gasteiger partial charge on any atom is 0.260 e. The van der Waals surface area contributed by atoms with E-state index < -0.39 is 0 Å². The lowest BCUT2D eigenvalue weighted by atomic mass is 10.1. The molecular weight excluding hydrogens is 356 g/mol. The van der Waals surface area contributed by atoms with E-state index in [2.05, 4.69) is 25.1 Å². The topological polar surface area (TPSA) is 60.2 Å². The second-order valence-corrected chi connectivity index (χ2v) is 7.61. The first-order valence-corrected chi connectivity index (χ1v) is 9.69. The molecule has 0 aliphatic heterocycles. The van der Waals surface area contributed by atoms with Crippen LogP contribution in [0.1, 0.15) is 28.4 Å². The SMILES string of the molecule is CCc1ccc2nc(N(CCN(C)C)C(=O)c3ccc(C#N)cc3)sc2c1. The third-order valence-electron chi connectivity index (χ3n) is 4.36. The second-order valence-electron chi connectivity index (χ2n) is 6.60. The number of aromatic nitrogens is 1. The molecule has 2 aromatic carbocycles. The number of anilines is 1. The fraction of sp³-hybridized carbons (Fsp3) is 0.286. The van der Waals surface area contributed by atoms with Gasteiger partial charge in [-0.25, -0.2) is 4.98 Å². The summed E-state index contributed by atoms with van der Waals surface area (Å²) in [6.45, 7) is 3.41. The van der Waals surface area contributed by atoms with Gasteiger partial charge in [-0.2, -0.15) is 5.26 Å². The number of likely N-dealkylation sites (N-methyl/N-ethyl adjacent to an activating group) is 1. The number of nitrogens with zero attached hydrogens (tertiary/aromatic N) is 4. The minimum atomic E-state index is -0.101. The van der Waals surface area contributed by atoms with E-state index in [9.17, 15) is 4.79 Å². The zero-order valence-electron chi connectivity index (χ0n) is 15.8. The number of thiazole rings is 1. The lowest BCUT2D eigenvalue weighted by molar-refractivity contribution is 0.0985. The average molecular weight is 379 g/mol. The molecule has 27 heavy (non-hydrogen) atoms. The van der Waals surface area contributed by atoms with Crippen molar-refractivity contribution in [3.05, 3.63) is 59.2 Å². The van der Waals surface area contributed by atoms with Crippen molar-refractivity contribution < 1.29 is 4.79 Å². The number of hydrogen-bond donors (Lipinski definition) is 0. The van der Waals surface area contributed by atoms with Gasteiger partial charge < -0.3 is 4.90 Å². The molecule has 0 N–H and O–H groups in total. The molecular formula is C21H22N4OS. The van der Waals surface area contributed by atoms with Crippen molar-refractivity contribution in [1.29, 1.82) is 5.26 Å². The summed E-state index contributed by atoms with van der Waals surface area (Å²) >= 11 is 1.54. The fourth-order valence-electron chi connectivity index (χ4n) is 2.72. The standard InChI is InChI=1S/C21H22N4OS/c1-4-15-7-10-18-19(13-15)27-21(23-18)25(12-11-24(2)3)20(26)17-8-5-16(14-22)6-9-17/h5-10,13H,4,11-12H2,1-3H3. The third-order valence-corrected chi connectivity index (χ3v) is 5.40. The highest BCUT2D eigenvalue weighted by Gasteiger charge is 2.21. The van der Waals surface area contributed by atoms with Gasteiger partial charge in [0.1, 0.15) is 0 Å². The minimum absolute atomic E-state index is 0.101. The summed E-state index contributed by atoms with van der Waals surface area (Å²) in [5.74, 6) is -0.101. The molecule has 0 bridgehead atoms. The van der Waals surface area contributed by atoms with Crippen LogP contribution in [0.25, 0.3) is 10.2 Å². The largest absolute Gasteiger partial charge is 0.308 e. The molecule has 1 aromatic heterocycles. The van der Waals surface area contributed by atoms with Crippen molar-refractivity contribution in [2.45, 2.75) is 13.3 Å². The van der Waals surface area contributed by atoms with Crippen LogP contribution in [0.3, 0.4) is 0 Å². The lowest BCUT2D eigenvalue weighted by Crippen LogP contribution is -2.36. The van der Waals surface area contributed by atoms with Crippen LogP contribution in [0.2, 0.25) is 0 Å². The Balaban J connectivity index is 1.97. The predicted molar refractivity (Wildman–Crippen MR) is 110 cm³/mol. The van der Waals surface area contributed by atoms with E-state index in [1.165, 1.54) is 5.56 Å². The Kier molecular flexibility index (Phi) is 5.84. The van der Waals surface area contributed by atoms with Gasteiger partial charge in [-0.15, -0.1) is 0 Å². The van der Waals surface area contributed by atoms with Crippen LogP contribution >= 0.6 is 11.3 Å². The molecule has 6 heteroatoms. The molecule has 0 spiro atoms. The molecule has 0 saturated carbocycles. The molecule has 0 fully saturated rings. The van der Waals surface area contributed by atoms with Gasteiger partial charge in [0.2, 0.25) is 0 Å². The molecule has 0 atom stereocenters. The van der Waals surface area contributed by atoms with Gasteiger partial charge >= 0.3 is 0 Å². The van der Waals surface area contributed by atoms with Crippen LogP contribution in [0.15, 0.2) is 42.5 Å². The number of nitriles is 1. The molecule has 1 heterocycles. The third kappa shape index (κ3) is 4.33. The molecule has 0 aliphatic carbocycles. The Morgan fingerprint density at radius 3 is 2.52 bits per heavy atom. The van der Waals surface area contributed by atoms with E-state index >= 15 is 0 Å². The summed E-state index contributed by atoms with van der Waals surface area (Å²) in [5, 5.41) is 9.67. The zero-order valence-corrected chi connectivity index (χ0v) is 16.6. The van der Waals surface area contributed by atoms with Crippen molar-refractivity contribution in [1.82, 2.24) is 9.88 Å². The number of rotatable bonds is 6. The van der Waals surface area contributed by atoms with Crippen LogP contribution in [0.4, 0.5) is 5.13 Å². The smallest absolute Gasteiger partial charge is 0.260 e. The van der Waals surface area contributed by atoms with Gasteiger partial charge in [0.15, 0.2) is 5.13 Å². The molecule has 0 radical (unpaired) electrons. The van der Waals surface area contributed by atoms with Crippen molar-refractivity contribution in [3.63, 3.8) is 0 Å². The highest BCUT2D eigenvalue weighted by atomic mass is 32.1. The summed E-state index contributed by atoms with van der Waals surface area (Å²) in [4.78, 5) is 21.6. The summed E-state index contributed by atoms with van der Waals surface area (Å²) in [6.07, 6.45) is 0.970. The van der Waals surface area contributed by atoms with E-state index in [-0.39, 0.29) is 5.91 Å². The summed E-state index contributed by atoms with van der Waals surface area (Å²) in [5.41, 5.74) is 3.27. The first kappa shape index (κ1) is 19.0. The Hall–Kier alpha value is -2.75. The molecule has 138 valence electrons. The Morgan fingerprint density at radius 2 is 1.89 bits per heavy atom. The number of carbonyl (C=O) groups excluding carboxylic acids is 1. The van der Waals surface area contributed by atoms with Gasteiger partial charge in [0.25, 0.3) is 5.91 Å².